The van der Waals surface area contributed by atoms with E-state index in [0.717, 1.165) is 6.92 Å². The number of carboxylic acid groups (broad SMARTS) is 1. The van der Waals surface area contributed by atoms with E-state index in [-0.39, 0.29) is 22.4 Å². The van der Waals surface area contributed by atoms with Crippen molar-refractivity contribution in [2.75, 3.05) is 0 Å². The molecule has 0 amide bonds. The van der Waals surface area contributed by atoms with Gasteiger partial charge in [0, 0.05) is 29.3 Å². The molecule has 0 aliphatic rings. The van der Waals surface area contributed by atoms with E-state index in [1.165, 1.54) is 0 Å². The molecular formula is C2H4AuO2. The largest absolute Gasteiger partial charge is 0.481 e. The first-order chi connectivity index (χ1) is 1.73. The van der Waals surface area contributed by atoms with Gasteiger partial charge in [0.05, 0.1) is 0 Å². The van der Waals surface area contributed by atoms with Gasteiger partial charge in [0.15, 0.2) is 0 Å². The fourth-order valence-electron chi connectivity index (χ4n) is 0. The van der Waals surface area contributed by atoms with Crippen molar-refractivity contribution in [3.05, 3.63) is 0 Å². The predicted molar refractivity (Wildman–Crippen MR) is 13.3 cm³/mol. The van der Waals surface area contributed by atoms with Crippen molar-refractivity contribution in [3.8, 4) is 0 Å². The Balaban J connectivity index is 0. The van der Waals surface area contributed by atoms with Crippen LogP contribution in [0.15, 0.2) is 0 Å². The zero-order valence-electron chi connectivity index (χ0n) is 2.66. The summed E-state index contributed by atoms with van der Waals surface area (Å²) in [6.45, 7) is 1.08. The summed E-state index contributed by atoms with van der Waals surface area (Å²) in [5, 5.41) is 7.42. The van der Waals surface area contributed by atoms with E-state index < -0.39 is 5.97 Å². The molecule has 0 heterocycles. The van der Waals surface area contributed by atoms with Crippen LogP contribution in [-0.2, 0) is 27.2 Å². The minimum atomic E-state index is -0.833. The van der Waals surface area contributed by atoms with E-state index in [1.54, 1.807) is 0 Å². The van der Waals surface area contributed by atoms with Gasteiger partial charge in [0.1, 0.15) is 0 Å². The van der Waals surface area contributed by atoms with Crippen LogP contribution in [0.5, 0.6) is 0 Å². The summed E-state index contributed by atoms with van der Waals surface area (Å²) in [4.78, 5) is 9.00. The third-order valence-corrected chi connectivity index (χ3v) is 0. The van der Waals surface area contributed by atoms with Crippen LogP contribution in [0.2, 0.25) is 0 Å². The third kappa shape index (κ3) is 465. The van der Waals surface area contributed by atoms with Gasteiger partial charge in [-0.3, -0.25) is 4.79 Å². The number of carbonyl (C=O) groups is 1. The Labute approximate surface area is 45.7 Å². The maximum Gasteiger partial charge on any atom is 0.300 e. The van der Waals surface area contributed by atoms with Crippen molar-refractivity contribution in [2.24, 2.45) is 0 Å². The second-order valence-corrected chi connectivity index (χ2v) is 0.519. The van der Waals surface area contributed by atoms with E-state index in [1.807, 2.05) is 0 Å². The number of aliphatic carboxylic acids is 1. The van der Waals surface area contributed by atoms with E-state index in [2.05, 4.69) is 0 Å². The molecule has 0 saturated carbocycles. The van der Waals surface area contributed by atoms with E-state index in [0.29, 0.717) is 0 Å². The standard InChI is InChI=1S/C2H4O2.Au/c1-2(3)4;/h1H3,(H,3,4);. The first kappa shape index (κ1) is 8.96. The van der Waals surface area contributed by atoms with Crippen LogP contribution in [0, 0.1) is 0 Å². The first-order valence-corrected chi connectivity index (χ1v) is 0.928. The van der Waals surface area contributed by atoms with Gasteiger partial charge in [-0.1, -0.05) is 0 Å². The predicted octanol–water partition coefficient (Wildman–Crippen LogP) is 0.0884. The molecule has 0 fully saturated rings. The van der Waals surface area contributed by atoms with Crippen molar-refractivity contribution in [2.45, 2.75) is 6.92 Å². The fraction of sp³-hybridized carbons (Fsp3) is 0.500. The van der Waals surface area contributed by atoms with Gasteiger partial charge in [-0.05, 0) is 0 Å². The van der Waals surface area contributed by atoms with Crippen LogP contribution in [0.25, 0.3) is 0 Å². The molecule has 0 atom stereocenters. The van der Waals surface area contributed by atoms with Gasteiger partial charge >= 0.3 is 0 Å². The summed E-state index contributed by atoms with van der Waals surface area (Å²) in [5.41, 5.74) is 0. The van der Waals surface area contributed by atoms with Crippen molar-refractivity contribution in [3.63, 3.8) is 0 Å². The maximum absolute atomic E-state index is 9.00. The Morgan fingerprint density at radius 3 is 1.80 bits per heavy atom. The summed E-state index contributed by atoms with van der Waals surface area (Å²) in [5.74, 6) is -0.833. The van der Waals surface area contributed by atoms with E-state index in [9.17, 15) is 0 Å². The van der Waals surface area contributed by atoms with Crippen LogP contribution < -0.4 is 0 Å². The molecule has 0 aromatic heterocycles. The molecule has 3 heteroatoms. The summed E-state index contributed by atoms with van der Waals surface area (Å²) in [6, 6.07) is 0. The number of carboxylic acids is 1. The normalized spacial score (nSPS) is 5.00. The molecule has 2 nitrogen and oxygen atoms in total. The second-order valence-electron chi connectivity index (χ2n) is 0.519. The summed E-state index contributed by atoms with van der Waals surface area (Å²) in [7, 11) is 0. The minimum absolute atomic E-state index is 0. The molecule has 35 valence electrons. The van der Waals surface area contributed by atoms with Gasteiger partial charge in [-0.15, -0.1) is 0 Å². The Kier molecular flexibility index (Phi) is 7.55. The molecule has 0 aliphatic heterocycles. The van der Waals surface area contributed by atoms with E-state index in [4.69, 9.17) is 9.90 Å². The topological polar surface area (TPSA) is 37.3 Å². The molecule has 0 saturated heterocycles. The Morgan fingerprint density at radius 1 is 1.80 bits per heavy atom. The first-order valence-electron chi connectivity index (χ1n) is 0.928. The number of hydrogen-bond acceptors (Lipinski definition) is 1. The zero-order valence-corrected chi connectivity index (χ0v) is 4.82. The average Bonchev–Trinajstić information content (AvgIpc) is 0.811. The molecule has 5 heavy (non-hydrogen) atoms. The molecule has 0 spiro atoms. The summed E-state index contributed by atoms with van der Waals surface area (Å²) >= 11 is 0. The van der Waals surface area contributed by atoms with Gasteiger partial charge in [0.25, 0.3) is 5.97 Å². The minimum Gasteiger partial charge on any atom is -0.481 e. The number of hydrogen-bond donors (Lipinski definition) is 1. The summed E-state index contributed by atoms with van der Waals surface area (Å²) in [6.07, 6.45) is 0. The van der Waals surface area contributed by atoms with Crippen molar-refractivity contribution in [1.29, 1.82) is 0 Å². The average molecular weight is 257 g/mol. The Bertz CT molecular complexity index is 30.6. The molecule has 0 aromatic rings. The van der Waals surface area contributed by atoms with Gasteiger partial charge < -0.3 is 5.11 Å². The molecule has 0 aromatic carbocycles. The van der Waals surface area contributed by atoms with E-state index >= 15 is 0 Å². The smallest absolute Gasteiger partial charge is 0.300 e. The molecule has 0 unspecified atom stereocenters. The third-order valence-electron chi connectivity index (χ3n) is 0. The van der Waals surface area contributed by atoms with Crippen molar-refractivity contribution in [1.82, 2.24) is 0 Å². The summed E-state index contributed by atoms with van der Waals surface area (Å²) < 4.78 is 0. The van der Waals surface area contributed by atoms with Gasteiger partial charge in [-0.2, -0.15) is 0 Å². The SMILES string of the molecule is CC(=O)O.[Au]. The fourth-order valence-corrected chi connectivity index (χ4v) is 0. The zero-order chi connectivity index (χ0) is 3.58. The molecule has 1 radical (unpaired) electrons. The van der Waals surface area contributed by atoms with Gasteiger partial charge in [0.2, 0.25) is 0 Å². The van der Waals surface area contributed by atoms with Crippen molar-refractivity contribution < 1.29 is 32.3 Å². The monoisotopic (exact) mass is 257 g/mol. The van der Waals surface area contributed by atoms with Crippen LogP contribution in [0.3, 0.4) is 0 Å². The molecule has 0 aliphatic carbocycles. The quantitative estimate of drug-likeness (QED) is 0.624. The van der Waals surface area contributed by atoms with Crippen LogP contribution >= 0.6 is 0 Å². The van der Waals surface area contributed by atoms with Crippen molar-refractivity contribution >= 4 is 5.97 Å². The van der Waals surface area contributed by atoms with Crippen LogP contribution in [-0.4, -0.2) is 11.1 Å². The van der Waals surface area contributed by atoms with Crippen LogP contribution in [0.4, 0.5) is 0 Å². The molecular weight excluding hydrogens is 253 g/mol. The second kappa shape index (κ2) is 4.21. The molecule has 1 N–H and O–H groups in total. The van der Waals surface area contributed by atoms with Crippen LogP contribution in [0.1, 0.15) is 6.92 Å². The van der Waals surface area contributed by atoms with Gasteiger partial charge in [-0.25, -0.2) is 0 Å². The maximum atomic E-state index is 9.00. The Hall–Kier alpha value is 0.210. The molecule has 0 rings (SSSR count). The number of rotatable bonds is 0. The Morgan fingerprint density at radius 2 is 1.80 bits per heavy atom. The molecule has 0 bridgehead atoms.